The van der Waals surface area contributed by atoms with E-state index in [2.05, 4.69) is 23.1 Å². The fraction of sp³-hybridized carbons (Fsp3) is 0.500. The number of para-hydroxylation sites is 1. The van der Waals surface area contributed by atoms with Gasteiger partial charge < -0.3 is 14.2 Å². The van der Waals surface area contributed by atoms with E-state index >= 15 is 0 Å². The summed E-state index contributed by atoms with van der Waals surface area (Å²) in [5.74, 6) is 0.179. The van der Waals surface area contributed by atoms with Crippen LogP contribution in [-0.2, 0) is 15.0 Å². The third kappa shape index (κ3) is 6.06. The molecule has 2 aliphatic rings. The van der Waals surface area contributed by atoms with Crippen molar-refractivity contribution in [3.05, 3.63) is 53.6 Å². The Morgan fingerprint density at radius 3 is 2.38 bits per heavy atom. The van der Waals surface area contributed by atoms with E-state index in [1.807, 2.05) is 36.4 Å². The van der Waals surface area contributed by atoms with E-state index in [0.29, 0.717) is 31.1 Å². The maximum atomic E-state index is 13.3. The van der Waals surface area contributed by atoms with E-state index in [0.717, 1.165) is 52.1 Å². The Morgan fingerprint density at radius 1 is 0.929 bits per heavy atom. The van der Waals surface area contributed by atoms with Gasteiger partial charge in [0.1, 0.15) is 5.75 Å². The van der Waals surface area contributed by atoms with Crippen molar-refractivity contribution < 1.29 is 22.7 Å². The lowest BCUT2D eigenvalue weighted by molar-refractivity contribution is -0.132. The molecule has 1 fully saturated rings. The van der Waals surface area contributed by atoms with Crippen molar-refractivity contribution in [2.75, 3.05) is 33.8 Å². The van der Waals surface area contributed by atoms with Crippen molar-refractivity contribution in [3.63, 3.8) is 0 Å². The van der Waals surface area contributed by atoms with Gasteiger partial charge in [0.15, 0.2) is 6.61 Å². The van der Waals surface area contributed by atoms with Crippen LogP contribution >= 0.6 is 0 Å². The molecule has 2 aromatic carbocycles. The molecule has 0 spiro atoms. The van der Waals surface area contributed by atoms with Crippen LogP contribution in [0.2, 0.25) is 0 Å². The first-order chi connectivity index (χ1) is 20.1. The molecular formula is C32H42N4O5S. The molecule has 1 saturated carbocycles. The molecule has 42 heavy (non-hydrogen) atoms. The number of fused-ring (bicyclic) bond motifs is 4. The van der Waals surface area contributed by atoms with Crippen LogP contribution in [0.1, 0.15) is 86.7 Å². The number of carbonyl (C=O) groups is 2. The molecule has 5 rings (SSSR count). The average Bonchev–Trinajstić information content (AvgIpc) is 3.32. The van der Waals surface area contributed by atoms with Gasteiger partial charge >= 0.3 is 10.2 Å². The van der Waals surface area contributed by atoms with Crippen LogP contribution in [0, 0.1) is 0 Å². The van der Waals surface area contributed by atoms with Crippen LogP contribution in [0.5, 0.6) is 5.75 Å². The summed E-state index contributed by atoms with van der Waals surface area (Å²) in [4.78, 5) is 28.0. The molecule has 3 aromatic rings. The first-order valence-corrected chi connectivity index (χ1v) is 16.4. The highest BCUT2D eigenvalue weighted by Gasteiger charge is 2.30. The van der Waals surface area contributed by atoms with Gasteiger partial charge in [-0.1, -0.05) is 37.5 Å². The molecule has 1 aromatic heterocycles. The quantitative estimate of drug-likeness (QED) is 0.424. The molecule has 0 unspecified atom stereocenters. The largest absolute Gasteiger partial charge is 0.483 e. The molecule has 10 heteroatoms. The van der Waals surface area contributed by atoms with Crippen molar-refractivity contribution in [1.29, 1.82) is 0 Å². The number of amides is 2. The number of ether oxygens (including phenoxy) is 1. The summed E-state index contributed by atoms with van der Waals surface area (Å²) in [6, 6.07) is 13.4. The van der Waals surface area contributed by atoms with Crippen LogP contribution in [-0.4, -0.2) is 67.8 Å². The zero-order valence-electron chi connectivity index (χ0n) is 25.1. The molecule has 1 N–H and O–H groups in total. The normalized spacial score (nSPS) is 19.8. The standard InChI is InChI=1S/C32H42N4O5S/c1-22(2)36-27-20-24-16-17-25(27)30(23-12-6-5-7-13-23)31(36)26-14-8-9-15-28(26)41-21-29(37)34(3)18-10-11-19-35(4)42(39,40)33-32(24)38/h8-9,14-17,20,22-23H,5-7,10-13,18-19,21H2,1-4H3,(H,33,38). The van der Waals surface area contributed by atoms with Gasteiger partial charge in [-0.3, -0.25) is 9.59 Å². The van der Waals surface area contributed by atoms with Gasteiger partial charge in [-0.2, -0.15) is 12.7 Å². The number of aromatic nitrogens is 1. The van der Waals surface area contributed by atoms with Crippen molar-refractivity contribution in [2.45, 2.75) is 70.8 Å². The van der Waals surface area contributed by atoms with Crippen molar-refractivity contribution >= 4 is 32.9 Å². The number of nitrogens with zero attached hydrogens (tertiary/aromatic N) is 3. The van der Waals surface area contributed by atoms with Gasteiger partial charge in [-0.15, -0.1) is 0 Å². The summed E-state index contributed by atoms with van der Waals surface area (Å²) in [6.45, 7) is 4.81. The minimum atomic E-state index is -4.04. The monoisotopic (exact) mass is 594 g/mol. The number of rotatable bonds is 2. The highest BCUT2D eigenvalue weighted by molar-refractivity contribution is 7.87. The minimum Gasteiger partial charge on any atom is -0.483 e. The van der Waals surface area contributed by atoms with Crippen LogP contribution < -0.4 is 9.46 Å². The smallest absolute Gasteiger partial charge is 0.303 e. The van der Waals surface area contributed by atoms with Gasteiger partial charge in [0.05, 0.1) is 5.69 Å². The predicted molar refractivity (Wildman–Crippen MR) is 165 cm³/mol. The molecule has 1 aliphatic heterocycles. The Hall–Kier alpha value is -3.37. The number of nitrogens with one attached hydrogen (secondary N) is 1. The molecule has 3 bridgehead atoms. The van der Waals surface area contributed by atoms with Crippen molar-refractivity contribution in [1.82, 2.24) is 18.5 Å². The molecule has 0 atom stereocenters. The molecule has 0 saturated heterocycles. The van der Waals surface area contributed by atoms with E-state index < -0.39 is 16.1 Å². The first-order valence-electron chi connectivity index (χ1n) is 15.0. The third-order valence-corrected chi connectivity index (χ3v) is 10.0. The Morgan fingerprint density at radius 2 is 1.64 bits per heavy atom. The molecule has 2 heterocycles. The maximum Gasteiger partial charge on any atom is 0.303 e. The first kappa shape index (κ1) is 30.1. The zero-order valence-corrected chi connectivity index (χ0v) is 25.9. The van der Waals surface area contributed by atoms with Crippen molar-refractivity contribution in [2.24, 2.45) is 0 Å². The Bertz CT molecular complexity index is 1570. The second-order valence-electron chi connectivity index (χ2n) is 11.9. The fourth-order valence-corrected chi connectivity index (χ4v) is 7.19. The highest BCUT2D eigenvalue weighted by Crippen LogP contribution is 2.47. The number of hydrogen-bond donors (Lipinski definition) is 1. The molecule has 9 nitrogen and oxygen atoms in total. The fourth-order valence-electron chi connectivity index (χ4n) is 6.31. The SMILES string of the molecule is CC(C)n1c2c(C3CCCCC3)c3ccc(cc31)C(=O)NS(=O)(=O)N(C)CCCCN(C)C(=O)COc1ccccc1-2. The van der Waals surface area contributed by atoms with Gasteiger partial charge in [-0.05, 0) is 75.3 Å². The second kappa shape index (κ2) is 12.5. The van der Waals surface area contributed by atoms with E-state index in [9.17, 15) is 18.0 Å². The van der Waals surface area contributed by atoms with Gasteiger partial charge in [0.25, 0.3) is 11.8 Å². The van der Waals surface area contributed by atoms with Gasteiger partial charge in [0.2, 0.25) is 0 Å². The van der Waals surface area contributed by atoms with Crippen LogP contribution in [0.25, 0.3) is 22.2 Å². The number of likely N-dealkylation sites (N-methyl/N-ethyl adjacent to an activating group) is 1. The number of benzene rings is 2. The molecular weight excluding hydrogens is 552 g/mol. The molecule has 226 valence electrons. The summed E-state index contributed by atoms with van der Waals surface area (Å²) in [5.41, 5.74) is 4.34. The lowest BCUT2D eigenvalue weighted by atomic mass is 9.81. The molecule has 1 aliphatic carbocycles. The van der Waals surface area contributed by atoms with E-state index in [-0.39, 0.29) is 30.7 Å². The Balaban J connectivity index is 1.73. The third-order valence-electron chi connectivity index (χ3n) is 8.60. The Kier molecular flexibility index (Phi) is 8.94. The summed E-state index contributed by atoms with van der Waals surface area (Å²) < 4.78 is 37.9. The minimum absolute atomic E-state index is 0.0305. The second-order valence-corrected chi connectivity index (χ2v) is 13.6. The van der Waals surface area contributed by atoms with Gasteiger partial charge in [0, 0.05) is 55.3 Å². The number of carbonyl (C=O) groups excluding carboxylic acids is 2. The molecule has 0 radical (unpaired) electrons. The summed E-state index contributed by atoms with van der Waals surface area (Å²) in [5, 5.41) is 1.06. The summed E-state index contributed by atoms with van der Waals surface area (Å²) in [7, 11) is -0.853. The average molecular weight is 595 g/mol. The lowest BCUT2D eigenvalue weighted by Gasteiger charge is -2.25. The van der Waals surface area contributed by atoms with Crippen LogP contribution in [0.3, 0.4) is 0 Å². The van der Waals surface area contributed by atoms with Crippen LogP contribution in [0.4, 0.5) is 0 Å². The van der Waals surface area contributed by atoms with Crippen molar-refractivity contribution in [3.8, 4) is 17.0 Å². The highest BCUT2D eigenvalue weighted by atomic mass is 32.2. The van der Waals surface area contributed by atoms with E-state index in [1.165, 1.54) is 19.0 Å². The van der Waals surface area contributed by atoms with Gasteiger partial charge in [-0.25, -0.2) is 4.72 Å². The number of hydrogen-bond acceptors (Lipinski definition) is 5. The van der Waals surface area contributed by atoms with Crippen LogP contribution in [0.15, 0.2) is 42.5 Å². The Labute approximate surface area is 249 Å². The van der Waals surface area contributed by atoms with E-state index in [1.54, 1.807) is 18.0 Å². The lowest BCUT2D eigenvalue weighted by Crippen LogP contribution is -2.42. The molecule has 2 amide bonds. The van der Waals surface area contributed by atoms with E-state index in [4.69, 9.17) is 4.74 Å². The summed E-state index contributed by atoms with van der Waals surface area (Å²) in [6.07, 6.45) is 6.82. The maximum absolute atomic E-state index is 13.3. The topological polar surface area (TPSA) is 101 Å². The summed E-state index contributed by atoms with van der Waals surface area (Å²) >= 11 is 0. The zero-order chi connectivity index (χ0) is 30.0. The predicted octanol–water partition coefficient (Wildman–Crippen LogP) is 5.47.